The number of rotatable bonds is 5. The van der Waals surface area contributed by atoms with Crippen molar-refractivity contribution < 1.29 is 9.53 Å². The van der Waals surface area contributed by atoms with Crippen LogP contribution in [0.3, 0.4) is 0 Å². The number of amides is 1. The van der Waals surface area contributed by atoms with Crippen molar-refractivity contribution in [3.05, 3.63) is 48.0 Å². The molecule has 5 nitrogen and oxygen atoms in total. The molecule has 1 aromatic carbocycles. The van der Waals surface area contributed by atoms with Crippen molar-refractivity contribution in [2.75, 3.05) is 0 Å². The minimum absolute atomic E-state index is 0.0558. The summed E-state index contributed by atoms with van der Waals surface area (Å²) < 4.78 is 7.79. The number of nitrogens with one attached hydrogen (secondary N) is 1. The average Bonchev–Trinajstić information content (AvgIpc) is 2.94. The first-order valence-electron chi connectivity index (χ1n) is 8.15. The van der Waals surface area contributed by atoms with Gasteiger partial charge in [-0.2, -0.15) is 0 Å². The van der Waals surface area contributed by atoms with Gasteiger partial charge in [-0.05, 0) is 38.0 Å². The van der Waals surface area contributed by atoms with Crippen LogP contribution in [-0.2, 0) is 24.2 Å². The summed E-state index contributed by atoms with van der Waals surface area (Å²) in [5.41, 5.74) is 0.972. The molecule has 3 rings (SSSR count). The molecule has 0 unspecified atom stereocenters. The largest absolute Gasteiger partial charge is 0.491 e. The van der Waals surface area contributed by atoms with Crippen LogP contribution < -0.4 is 10.1 Å². The zero-order chi connectivity index (χ0) is 16.2. The Bertz CT molecular complexity index is 678. The van der Waals surface area contributed by atoms with Gasteiger partial charge in [-0.15, -0.1) is 0 Å². The van der Waals surface area contributed by atoms with Gasteiger partial charge in [0, 0.05) is 31.4 Å². The molecule has 1 aliphatic rings. The summed E-state index contributed by atoms with van der Waals surface area (Å²) in [6.07, 6.45) is 6.16. The SMILES string of the molecule is CC(C)Oc1cccc(CC(=O)N[C@H]2CCc3nccn3C2)c1. The molecule has 122 valence electrons. The lowest BCUT2D eigenvalue weighted by atomic mass is 10.1. The van der Waals surface area contributed by atoms with Gasteiger partial charge in [0.2, 0.25) is 5.91 Å². The van der Waals surface area contributed by atoms with Crippen LogP contribution in [0, 0.1) is 0 Å². The number of carbonyl (C=O) groups excluding carboxylic acids is 1. The second-order valence-electron chi connectivity index (χ2n) is 6.29. The molecule has 0 saturated carbocycles. The van der Waals surface area contributed by atoms with Gasteiger partial charge in [-0.25, -0.2) is 4.98 Å². The number of carbonyl (C=O) groups is 1. The topological polar surface area (TPSA) is 56.1 Å². The summed E-state index contributed by atoms with van der Waals surface area (Å²) in [7, 11) is 0. The van der Waals surface area contributed by atoms with E-state index in [1.807, 2.05) is 50.5 Å². The number of aryl methyl sites for hydroxylation is 1. The van der Waals surface area contributed by atoms with E-state index in [9.17, 15) is 4.79 Å². The fraction of sp³-hybridized carbons (Fsp3) is 0.444. The summed E-state index contributed by atoms with van der Waals surface area (Å²) in [6, 6.07) is 7.93. The van der Waals surface area contributed by atoms with Gasteiger partial charge in [-0.3, -0.25) is 4.79 Å². The average molecular weight is 313 g/mol. The Morgan fingerprint density at radius 3 is 3.17 bits per heavy atom. The first-order chi connectivity index (χ1) is 11.1. The molecule has 0 saturated heterocycles. The number of nitrogens with zero attached hydrogens (tertiary/aromatic N) is 2. The summed E-state index contributed by atoms with van der Waals surface area (Å²) >= 11 is 0. The van der Waals surface area contributed by atoms with E-state index in [2.05, 4.69) is 14.9 Å². The van der Waals surface area contributed by atoms with Gasteiger partial charge in [0.05, 0.1) is 12.5 Å². The minimum atomic E-state index is 0.0558. The van der Waals surface area contributed by atoms with Crippen molar-refractivity contribution in [1.82, 2.24) is 14.9 Å². The second kappa shape index (κ2) is 6.86. The van der Waals surface area contributed by atoms with Crippen molar-refractivity contribution in [3.63, 3.8) is 0 Å². The Kier molecular flexibility index (Phi) is 4.65. The summed E-state index contributed by atoms with van der Waals surface area (Å²) in [5, 5.41) is 3.13. The molecule has 1 atom stereocenters. The van der Waals surface area contributed by atoms with E-state index in [0.717, 1.165) is 36.5 Å². The summed E-state index contributed by atoms with van der Waals surface area (Å²) in [6.45, 7) is 4.79. The van der Waals surface area contributed by atoms with Gasteiger partial charge in [0.25, 0.3) is 0 Å². The normalized spacial score (nSPS) is 16.9. The third kappa shape index (κ3) is 4.12. The third-order valence-electron chi connectivity index (χ3n) is 3.94. The monoisotopic (exact) mass is 313 g/mol. The van der Waals surface area contributed by atoms with E-state index in [4.69, 9.17) is 4.74 Å². The van der Waals surface area contributed by atoms with Gasteiger partial charge >= 0.3 is 0 Å². The van der Waals surface area contributed by atoms with Crippen LogP contribution in [0.2, 0.25) is 0 Å². The Balaban J connectivity index is 1.55. The van der Waals surface area contributed by atoms with Gasteiger partial charge in [-0.1, -0.05) is 12.1 Å². The number of fused-ring (bicyclic) bond motifs is 1. The highest BCUT2D eigenvalue weighted by Crippen LogP contribution is 2.16. The first-order valence-corrected chi connectivity index (χ1v) is 8.15. The Labute approximate surface area is 136 Å². The summed E-state index contributed by atoms with van der Waals surface area (Å²) in [4.78, 5) is 16.6. The van der Waals surface area contributed by atoms with Gasteiger partial charge in [0.1, 0.15) is 11.6 Å². The molecule has 1 amide bonds. The van der Waals surface area contributed by atoms with Crippen molar-refractivity contribution in [2.24, 2.45) is 0 Å². The third-order valence-corrected chi connectivity index (χ3v) is 3.94. The van der Waals surface area contributed by atoms with E-state index in [1.165, 1.54) is 0 Å². The number of hydrogen-bond donors (Lipinski definition) is 1. The molecule has 0 bridgehead atoms. The van der Waals surface area contributed by atoms with Crippen molar-refractivity contribution in [1.29, 1.82) is 0 Å². The molecule has 1 aromatic heterocycles. The number of hydrogen-bond acceptors (Lipinski definition) is 3. The lowest BCUT2D eigenvalue weighted by Gasteiger charge is -2.24. The second-order valence-corrected chi connectivity index (χ2v) is 6.29. The zero-order valence-electron chi connectivity index (χ0n) is 13.7. The molecule has 0 spiro atoms. The predicted molar refractivity (Wildman–Crippen MR) is 88.4 cm³/mol. The maximum atomic E-state index is 12.3. The van der Waals surface area contributed by atoms with Gasteiger partial charge in [0.15, 0.2) is 0 Å². The maximum Gasteiger partial charge on any atom is 0.224 e. The number of ether oxygens (including phenoxy) is 1. The van der Waals surface area contributed by atoms with Crippen LogP contribution in [0.15, 0.2) is 36.7 Å². The first kappa shape index (κ1) is 15.6. The van der Waals surface area contributed by atoms with Crippen molar-refractivity contribution in [3.8, 4) is 5.75 Å². The number of imidazole rings is 1. The number of benzene rings is 1. The Morgan fingerprint density at radius 2 is 2.35 bits per heavy atom. The molecule has 2 aromatic rings. The van der Waals surface area contributed by atoms with Crippen LogP contribution >= 0.6 is 0 Å². The molecular weight excluding hydrogens is 290 g/mol. The molecule has 5 heteroatoms. The van der Waals surface area contributed by atoms with E-state index in [1.54, 1.807) is 0 Å². The van der Waals surface area contributed by atoms with Crippen LogP contribution in [0.1, 0.15) is 31.7 Å². The molecule has 0 aliphatic carbocycles. The molecule has 0 radical (unpaired) electrons. The van der Waals surface area contributed by atoms with Gasteiger partial charge < -0.3 is 14.6 Å². The zero-order valence-corrected chi connectivity index (χ0v) is 13.7. The summed E-state index contributed by atoms with van der Waals surface area (Å²) in [5.74, 6) is 1.97. The van der Waals surface area contributed by atoms with E-state index < -0.39 is 0 Å². The molecular formula is C18H23N3O2. The lowest BCUT2D eigenvalue weighted by Crippen LogP contribution is -2.41. The molecule has 2 heterocycles. The van der Waals surface area contributed by atoms with E-state index in [0.29, 0.717) is 6.42 Å². The highest BCUT2D eigenvalue weighted by molar-refractivity contribution is 5.79. The van der Waals surface area contributed by atoms with Crippen molar-refractivity contribution >= 4 is 5.91 Å². The maximum absolute atomic E-state index is 12.3. The van der Waals surface area contributed by atoms with Crippen LogP contribution in [0.4, 0.5) is 0 Å². The fourth-order valence-electron chi connectivity index (χ4n) is 2.95. The molecule has 0 fully saturated rings. The highest BCUT2D eigenvalue weighted by atomic mass is 16.5. The van der Waals surface area contributed by atoms with Crippen molar-refractivity contribution in [2.45, 2.75) is 51.8 Å². The Morgan fingerprint density at radius 1 is 1.48 bits per heavy atom. The lowest BCUT2D eigenvalue weighted by molar-refractivity contribution is -0.121. The smallest absolute Gasteiger partial charge is 0.224 e. The fourth-order valence-corrected chi connectivity index (χ4v) is 2.95. The van der Waals surface area contributed by atoms with Crippen LogP contribution in [0.25, 0.3) is 0 Å². The van der Waals surface area contributed by atoms with Crippen LogP contribution in [-0.4, -0.2) is 27.6 Å². The molecule has 1 aliphatic heterocycles. The predicted octanol–water partition coefficient (Wildman–Crippen LogP) is 2.34. The molecule has 23 heavy (non-hydrogen) atoms. The Hall–Kier alpha value is -2.30. The highest BCUT2D eigenvalue weighted by Gasteiger charge is 2.20. The quantitative estimate of drug-likeness (QED) is 0.922. The van der Waals surface area contributed by atoms with E-state index >= 15 is 0 Å². The van der Waals surface area contributed by atoms with E-state index in [-0.39, 0.29) is 18.1 Å². The number of aromatic nitrogens is 2. The van der Waals surface area contributed by atoms with Crippen LogP contribution in [0.5, 0.6) is 5.75 Å². The minimum Gasteiger partial charge on any atom is -0.491 e. The standard InChI is InChI=1S/C18H23N3O2/c1-13(2)23-16-5-3-4-14(10-16)11-18(22)20-15-6-7-17-19-8-9-21(17)12-15/h3-5,8-10,13,15H,6-7,11-12H2,1-2H3,(H,20,22)/t15-/m0/s1. The molecule has 1 N–H and O–H groups in total.